The van der Waals surface area contributed by atoms with E-state index in [9.17, 15) is 4.79 Å². The molecule has 0 aliphatic heterocycles. The highest BCUT2D eigenvalue weighted by atomic mass is 79.9. The number of carbonyl (C=O) groups is 1. The summed E-state index contributed by atoms with van der Waals surface area (Å²) < 4.78 is 5.47. The first kappa shape index (κ1) is 11.6. The predicted molar refractivity (Wildman–Crippen MR) is 62.1 cm³/mol. The Bertz CT molecular complexity index is 432. The molecule has 1 aromatic rings. The van der Waals surface area contributed by atoms with Crippen LogP contribution in [0.25, 0.3) is 0 Å². The molecule has 0 aromatic heterocycles. The number of hydrogen-bond donors (Lipinski definition) is 1. The molecule has 1 rings (SSSR count). The molecule has 1 aromatic carbocycles. The third kappa shape index (κ3) is 3.64. The molecule has 0 fully saturated rings. The Kier molecular flexibility index (Phi) is 4.19. The normalized spacial score (nSPS) is 8.93. The fourth-order valence-corrected chi connectivity index (χ4v) is 1.27. The van der Waals surface area contributed by atoms with Crippen LogP contribution >= 0.6 is 15.9 Å². The van der Waals surface area contributed by atoms with Gasteiger partial charge in [0.2, 0.25) is 0 Å². The largest absolute Gasteiger partial charge is 0.456 e. The lowest BCUT2D eigenvalue weighted by molar-refractivity contribution is -0.136. The van der Waals surface area contributed by atoms with Crippen molar-refractivity contribution in [3.63, 3.8) is 0 Å². The minimum atomic E-state index is -0.535. The number of nitrogen functional groups attached to an aromatic ring is 1. The summed E-state index contributed by atoms with van der Waals surface area (Å²) >= 11 is 3.31. The van der Waals surface area contributed by atoms with E-state index < -0.39 is 5.97 Å². The van der Waals surface area contributed by atoms with E-state index in [0.717, 1.165) is 4.47 Å². The van der Waals surface area contributed by atoms with E-state index >= 15 is 0 Å². The average molecular weight is 268 g/mol. The average Bonchev–Trinajstić information content (AvgIpc) is 2.20. The molecule has 0 atom stereocenters. The summed E-state index contributed by atoms with van der Waals surface area (Å²) in [6.45, 7) is 2.06. The number of nitrogens with two attached hydrogens (primary N) is 1. The Labute approximate surface area is 96.7 Å². The van der Waals surface area contributed by atoms with Gasteiger partial charge in [0.1, 0.15) is 0 Å². The Balaban J connectivity index is 2.88. The topological polar surface area (TPSA) is 52.3 Å². The molecular weight excluding hydrogens is 258 g/mol. The summed E-state index contributed by atoms with van der Waals surface area (Å²) in [4.78, 5) is 11.0. The zero-order valence-electron chi connectivity index (χ0n) is 8.21. The van der Waals surface area contributed by atoms with Crippen LogP contribution in [-0.2, 0) is 9.53 Å². The van der Waals surface area contributed by atoms with E-state index in [1.54, 1.807) is 25.1 Å². The number of benzene rings is 1. The van der Waals surface area contributed by atoms with Crippen molar-refractivity contribution >= 4 is 27.6 Å². The van der Waals surface area contributed by atoms with Crippen LogP contribution in [0.5, 0.6) is 0 Å². The lowest BCUT2D eigenvalue weighted by Crippen LogP contribution is -1.99. The van der Waals surface area contributed by atoms with Crippen molar-refractivity contribution < 1.29 is 9.53 Å². The van der Waals surface area contributed by atoms with E-state index in [-0.39, 0.29) is 0 Å². The molecular formula is C11H10BrNO2. The molecule has 0 saturated heterocycles. The maximum Gasteiger partial charge on any atom is 0.384 e. The van der Waals surface area contributed by atoms with Gasteiger partial charge in [-0.2, -0.15) is 0 Å². The summed E-state index contributed by atoms with van der Waals surface area (Å²) in [6.07, 6.45) is 0. The van der Waals surface area contributed by atoms with Crippen molar-refractivity contribution in [1.82, 2.24) is 0 Å². The van der Waals surface area contributed by atoms with Crippen LogP contribution in [0.2, 0.25) is 0 Å². The molecule has 15 heavy (non-hydrogen) atoms. The molecule has 0 aliphatic carbocycles. The standard InChI is InChI=1S/C11H10BrNO2/c1-2-15-11(14)6-3-8-7-9(13)4-5-10(8)12/h4-5,7H,2,13H2,1H3. The SMILES string of the molecule is CCOC(=O)C#Cc1cc(N)ccc1Br. The highest BCUT2D eigenvalue weighted by Gasteiger charge is 1.98. The van der Waals surface area contributed by atoms with Crippen molar-refractivity contribution in [3.05, 3.63) is 28.2 Å². The van der Waals surface area contributed by atoms with Gasteiger partial charge in [-0.3, -0.25) is 0 Å². The second-order valence-electron chi connectivity index (χ2n) is 2.71. The van der Waals surface area contributed by atoms with Gasteiger partial charge in [-0.25, -0.2) is 4.79 Å². The van der Waals surface area contributed by atoms with E-state index in [1.165, 1.54) is 0 Å². The van der Waals surface area contributed by atoms with Gasteiger partial charge >= 0.3 is 5.97 Å². The van der Waals surface area contributed by atoms with Gasteiger partial charge in [-0.05, 0) is 41.1 Å². The predicted octanol–water partition coefficient (Wildman–Crippen LogP) is 1.95. The van der Waals surface area contributed by atoms with E-state index in [1.807, 2.05) is 0 Å². The summed E-state index contributed by atoms with van der Waals surface area (Å²) in [5, 5.41) is 0. The highest BCUT2D eigenvalue weighted by molar-refractivity contribution is 9.10. The van der Waals surface area contributed by atoms with Crippen molar-refractivity contribution in [2.24, 2.45) is 0 Å². The van der Waals surface area contributed by atoms with E-state index in [4.69, 9.17) is 5.73 Å². The van der Waals surface area contributed by atoms with Crippen LogP contribution in [0.1, 0.15) is 12.5 Å². The van der Waals surface area contributed by atoms with E-state index in [0.29, 0.717) is 17.9 Å². The first-order chi connectivity index (χ1) is 7.13. The molecule has 0 amide bonds. The highest BCUT2D eigenvalue weighted by Crippen LogP contribution is 2.18. The molecule has 0 saturated carbocycles. The number of esters is 1. The number of anilines is 1. The lowest BCUT2D eigenvalue weighted by atomic mass is 10.2. The minimum Gasteiger partial charge on any atom is -0.456 e. The van der Waals surface area contributed by atoms with Crippen LogP contribution in [0.4, 0.5) is 5.69 Å². The van der Waals surface area contributed by atoms with Crippen LogP contribution in [-0.4, -0.2) is 12.6 Å². The second kappa shape index (κ2) is 5.42. The summed E-state index contributed by atoms with van der Waals surface area (Å²) in [5.74, 6) is 4.52. The van der Waals surface area contributed by atoms with Gasteiger partial charge in [0, 0.05) is 21.6 Å². The summed E-state index contributed by atoms with van der Waals surface area (Å²) in [6, 6.07) is 5.22. The minimum absolute atomic E-state index is 0.325. The van der Waals surface area contributed by atoms with Gasteiger partial charge in [0.15, 0.2) is 0 Å². The molecule has 0 radical (unpaired) electrons. The fourth-order valence-electron chi connectivity index (χ4n) is 0.924. The van der Waals surface area contributed by atoms with Crippen LogP contribution < -0.4 is 5.73 Å². The lowest BCUT2D eigenvalue weighted by Gasteiger charge is -1.97. The number of rotatable bonds is 1. The maximum absolute atomic E-state index is 11.0. The molecule has 0 unspecified atom stereocenters. The van der Waals surface area contributed by atoms with Crippen LogP contribution in [0.15, 0.2) is 22.7 Å². The van der Waals surface area contributed by atoms with Gasteiger partial charge in [-0.1, -0.05) is 5.92 Å². The summed E-state index contributed by atoms with van der Waals surface area (Å²) in [7, 11) is 0. The van der Waals surface area contributed by atoms with Crippen molar-refractivity contribution in [1.29, 1.82) is 0 Å². The summed E-state index contributed by atoms with van der Waals surface area (Å²) in [5.41, 5.74) is 6.86. The Morgan fingerprint density at radius 2 is 2.33 bits per heavy atom. The quantitative estimate of drug-likeness (QED) is 0.481. The van der Waals surface area contributed by atoms with Crippen LogP contribution in [0, 0.1) is 11.8 Å². The molecule has 0 bridgehead atoms. The van der Waals surface area contributed by atoms with Gasteiger partial charge in [0.05, 0.1) is 6.61 Å². The van der Waals surface area contributed by atoms with E-state index in [2.05, 4.69) is 32.5 Å². The molecule has 0 heterocycles. The molecule has 4 heteroatoms. The second-order valence-corrected chi connectivity index (χ2v) is 3.56. The molecule has 78 valence electrons. The zero-order valence-corrected chi connectivity index (χ0v) is 9.80. The van der Waals surface area contributed by atoms with Crippen molar-refractivity contribution in [2.45, 2.75) is 6.92 Å². The zero-order chi connectivity index (χ0) is 11.3. The smallest absolute Gasteiger partial charge is 0.384 e. The number of carbonyl (C=O) groups excluding carboxylic acids is 1. The molecule has 0 aliphatic rings. The van der Waals surface area contributed by atoms with Crippen molar-refractivity contribution in [3.8, 4) is 11.8 Å². The Hall–Kier alpha value is -1.47. The molecule has 3 nitrogen and oxygen atoms in total. The maximum atomic E-state index is 11.0. The number of ether oxygens (including phenoxy) is 1. The van der Waals surface area contributed by atoms with Crippen molar-refractivity contribution in [2.75, 3.05) is 12.3 Å². The third-order valence-electron chi connectivity index (χ3n) is 1.57. The molecule has 2 N–H and O–H groups in total. The number of halogens is 1. The van der Waals surface area contributed by atoms with Gasteiger partial charge < -0.3 is 10.5 Å². The third-order valence-corrected chi connectivity index (χ3v) is 2.26. The Morgan fingerprint density at radius 3 is 3.00 bits per heavy atom. The van der Waals surface area contributed by atoms with Gasteiger partial charge in [0.25, 0.3) is 0 Å². The molecule has 0 spiro atoms. The van der Waals surface area contributed by atoms with Crippen LogP contribution in [0.3, 0.4) is 0 Å². The first-order valence-corrected chi connectivity index (χ1v) is 5.16. The Morgan fingerprint density at radius 1 is 1.60 bits per heavy atom. The number of hydrogen-bond acceptors (Lipinski definition) is 3. The monoisotopic (exact) mass is 267 g/mol. The van der Waals surface area contributed by atoms with Gasteiger partial charge in [-0.15, -0.1) is 0 Å². The fraction of sp³-hybridized carbons (Fsp3) is 0.182. The first-order valence-electron chi connectivity index (χ1n) is 4.37.